The highest BCUT2D eigenvalue weighted by molar-refractivity contribution is 5.93. The monoisotopic (exact) mass is 236 g/mol. The van der Waals surface area contributed by atoms with Crippen LogP contribution in [0.5, 0.6) is 5.75 Å². The molecule has 0 spiro atoms. The first-order chi connectivity index (χ1) is 8.04. The number of benzene rings is 1. The van der Waals surface area contributed by atoms with Crippen molar-refractivity contribution < 1.29 is 9.90 Å². The number of phenolic OH excluding ortho intramolecular Hbond substituents is 1. The Kier molecular flexibility index (Phi) is 4.97. The molecule has 0 saturated heterocycles. The molecule has 0 radical (unpaired) electrons. The molecule has 0 aromatic heterocycles. The highest BCUT2D eigenvalue weighted by Gasteiger charge is 2.13. The summed E-state index contributed by atoms with van der Waals surface area (Å²) in [7, 11) is 0. The quantitative estimate of drug-likeness (QED) is 0.684. The van der Waals surface area contributed by atoms with Gasteiger partial charge in [-0.1, -0.05) is 13.0 Å². The summed E-state index contributed by atoms with van der Waals surface area (Å²) in [5.41, 5.74) is 6.86. The first-order valence-corrected chi connectivity index (χ1v) is 5.85. The number of nitrogens with two attached hydrogens (primary N) is 1. The first kappa shape index (κ1) is 13.5. The second kappa shape index (κ2) is 6.25. The van der Waals surface area contributed by atoms with E-state index < -0.39 is 0 Å². The van der Waals surface area contributed by atoms with Crippen LogP contribution < -0.4 is 11.1 Å². The molecular formula is C13H20N2O2. The lowest BCUT2D eigenvalue weighted by Crippen LogP contribution is -2.21. The average Bonchev–Trinajstić information content (AvgIpc) is 2.30. The minimum Gasteiger partial charge on any atom is -0.506 e. The molecule has 0 heterocycles. The zero-order valence-electron chi connectivity index (χ0n) is 10.4. The maximum Gasteiger partial charge on any atom is 0.227 e. The van der Waals surface area contributed by atoms with Gasteiger partial charge in [-0.05, 0) is 44.0 Å². The summed E-state index contributed by atoms with van der Waals surface area (Å²) in [5.74, 6) is -0.0900. The number of rotatable bonds is 5. The number of phenols is 1. The molecule has 4 N–H and O–H groups in total. The molecule has 1 aromatic carbocycles. The normalized spacial score (nSPS) is 12.2. The van der Waals surface area contributed by atoms with Crippen LogP contribution in [0.1, 0.15) is 25.3 Å². The van der Waals surface area contributed by atoms with Crippen LogP contribution in [0.3, 0.4) is 0 Å². The predicted molar refractivity (Wildman–Crippen MR) is 68.9 cm³/mol. The van der Waals surface area contributed by atoms with E-state index in [0.717, 1.165) is 18.4 Å². The van der Waals surface area contributed by atoms with Crippen LogP contribution in [-0.2, 0) is 4.79 Å². The predicted octanol–water partition coefficient (Wildman–Crippen LogP) is 2.01. The largest absolute Gasteiger partial charge is 0.506 e. The molecule has 4 heteroatoms. The van der Waals surface area contributed by atoms with Gasteiger partial charge in [0.15, 0.2) is 0 Å². The van der Waals surface area contributed by atoms with Crippen molar-refractivity contribution in [2.24, 2.45) is 11.7 Å². The maximum absolute atomic E-state index is 11.8. The van der Waals surface area contributed by atoms with Gasteiger partial charge in [0, 0.05) is 5.92 Å². The highest BCUT2D eigenvalue weighted by atomic mass is 16.3. The van der Waals surface area contributed by atoms with Crippen LogP contribution >= 0.6 is 0 Å². The molecule has 0 aliphatic carbocycles. The van der Waals surface area contributed by atoms with E-state index in [1.54, 1.807) is 18.2 Å². The standard InChI is InChI=1S/C13H20N2O2/c1-9-5-6-12(16)11(8-9)15-13(17)10(2)4-3-7-14/h5-6,8,10,16H,3-4,7,14H2,1-2H3,(H,15,17). The first-order valence-electron chi connectivity index (χ1n) is 5.85. The average molecular weight is 236 g/mol. The fourth-order valence-electron chi connectivity index (χ4n) is 1.56. The fraction of sp³-hybridized carbons (Fsp3) is 0.462. The molecule has 0 fully saturated rings. The number of nitrogens with one attached hydrogen (secondary N) is 1. The molecule has 4 nitrogen and oxygen atoms in total. The van der Waals surface area contributed by atoms with Crippen LogP contribution in [0.2, 0.25) is 0 Å². The van der Waals surface area contributed by atoms with Crippen LogP contribution in [0.15, 0.2) is 18.2 Å². The van der Waals surface area contributed by atoms with Crippen molar-refractivity contribution in [2.45, 2.75) is 26.7 Å². The Bertz CT molecular complexity index is 391. The summed E-state index contributed by atoms with van der Waals surface area (Å²) in [6.45, 7) is 4.36. The Morgan fingerprint density at radius 2 is 2.24 bits per heavy atom. The molecule has 0 saturated carbocycles. The van der Waals surface area contributed by atoms with Crippen molar-refractivity contribution in [3.8, 4) is 5.75 Å². The SMILES string of the molecule is Cc1ccc(O)c(NC(=O)C(C)CCCN)c1. The Hall–Kier alpha value is -1.55. The Labute approximate surface area is 102 Å². The van der Waals surface area contributed by atoms with Crippen molar-refractivity contribution >= 4 is 11.6 Å². The Morgan fingerprint density at radius 1 is 1.53 bits per heavy atom. The number of aromatic hydroxyl groups is 1. The summed E-state index contributed by atoms with van der Waals surface area (Å²) < 4.78 is 0. The summed E-state index contributed by atoms with van der Waals surface area (Å²) in [5, 5.41) is 12.3. The number of hydrogen-bond acceptors (Lipinski definition) is 3. The highest BCUT2D eigenvalue weighted by Crippen LogP contribution is 2.24. The van der Waals surface area contributed by atoms with Crippen molar-refractivity contribution in [3.63, 3.8) is 0 Å². The summed E-state index contributed by atoms with van der Waals surface area (Å²) in [6, 6.07) is 5.13. The smallest absolute Gasteiger partial charge is 0.227 e. The van der Waals surface area contributed by atoms with E-state index in [9.17, 15) is 9.90 Å². The lowest BCUT2D eigenvalue weighted by atomic mass is 10.0. The number of anilines is 1. The molecule has 94 valence electrons. The van der Waals surface area contributed by atoms with E-state index >= 15 is 0 Å². The van der Waals surface area contributed by atoms with E-state index in [2.05, 4.69) is 5.32 Å². The molecule has 1 rings (SSSR count). The zero-order chi connectivity index (χ0) is 12.8. The van der Waals surface area contributed by atoms with E-state index in [1.165, 1.54) is 0 Å². The minimum atomic E-state index is -0.0986. The lowest BCUT2D eigenvalue weighted by Gasteiger charge is -2.13. The third-order valence-electron chi connectivity index (χ3n) is 2.70. The molecule has 17 heavy (non-hydrogen) atoms. The van der Waals surface area contributed by atoms with Crippen molar-refractivity contribution in [1.29, 1.82) is 0 Å². The summed E-state index contributed by atoms with van der Waals surface area (Å²) in [6.07, 6.45) is 1.59. The van der Waals surface area contributed by atoms with E-state index in [4.69, 9.17) is 5.73 Å². The van der Waals surface area contributed by atoms with Gasteiger partial charge >= 0.3 is 0 Å². The summed E-state index contributed by atoms with van der Waals surface area (Å²) >= 11 is 0. The number of carbonyl (C=O) groups is 1. The molecular weight excluding hydrogens is 216 g/mol. The summed E-state index contributed by atoms with van der Waals surface area (Å²) in [4.78, 5) is 11.8. The fourth-order valence-corrected chi connectivity index (χ4v) is 1.56. The van der Waals surface area contributed by atoms with Gasteiger partial charge < -0.3 is 16.2 Å². The van der Waals surface area contributed by atoms with Gasteiger partial charge in [-0.25, -0.2) is 0 Å². The Balaban J connectivity index is 2.64. The second-order valence-corrected chi connectivity index (χ2v) is 4.34. The lowest BCUT2D eigenvalue weighted by molar-refractivity contribution is -0.119. The molecule has 0 bridgehead atoms. The van der Waals surface area contributed by atoms with Gasteiger partial charge in [0.05, 0.1) is 5.69 Å². The molecule has 0 aliphatic heterocycles. The van der Waals surface area contributed by atoms with Gasteiger partial charge in [-0.2, -0.15) is 0 Å². The maximum atomic E-state index is 11.8. The van der Waals surface area contributed by atoms with Crippen LogP contribution in [0.4, 0.5) is 5.69 Å². The van der Waals surface area contributed by atoms with Gasteiger partial charge in [0.25, 0.3) is 0 Å². The number of carbonyl (C=O) groups excluding carboxylic acids is 1. The van der Waals surface area contributed by atoms with Crippen LogP contribution in [0, 0.1) is 12.8 Å². The Morgan fingerprint density at radius 3 is 2.88 bits per heavy atom. The molecule has 1 amide bonds. The van der Waals surface area contributed by atoms with Crippen molar-refractivity contribution in [1.82, 2.24) is 0 Å². The van der Waals surface area contributed by atoms with Crippen LogP contribution in [0.25, 0.3) is 0 Å². The molecule has 1 atom stereocenters. The van der Waals surface area contributed by atoms with E-state index in [-0.39, 0.29) is 17.6 Å². The van der Waals surface area contributed by atoms with E-state index in [0.29, 0.717) is 12.2 Å². The zero-order valence-corrected chi connectivity index (χ0v) is 10.4. The van der Waals surface area contributed by atoms with Crippen LogP contribution in [-0.4, -0.2) is 17.6 Å². The molecule has 0 aliphatic rings. The third-order valence-corrected chi connectivity index (χ3v) is 2.70. The van der Waals surface area contributed by atoms with Gasteiger partial charge in [-0.15, -0.1) is 0 Å². The third kappa shape index (κ3) is 4.07. The van der Waals surface area contributed by atoms with Crippen molar-refractivity contribution in [2.75, 3.05) is 11.9 Å². The number of hydrogen-bond donors (Lipinski definition) is 3. The second-order valence-electron chi connectivity index (χ2n) is 4.34. The van der Waals surface area contributed by atoms with Gasteiger partial charge in [-0.3, -0.25) is 4.79 Å². The molecule has 1 aromatic rings. The topological polar surface area (TPSA) is 75.3 Å². The van der Waals surface area contributed by atoms with Gasteiger partial charge in [0.2, 0.25) is 5.91 Å². The number of amides is 1. The van der Waals surface area contributed by atoms with E-state index in [1.807, 2.05) is 13.8 Å². The minimum absolute atomic E-state index is 0.0839. The molecule has 1 unspecified atom stereocenters. The van der Waals surface area contributed by atoms with Gasteiger partial charge in [0.1, 0.15) is 5.75 Å². The number of aryl methyl sites for hydroxylation is 1. The van der Waals surface area contributed by atoms with Crippen molar-refractivity contribution in [3.05, 3.63) is 23.8 Å².